The van der Waals surface area contributed by atoms with Crippen LogP contribution in [-0.4, -0.2) is 5.91 Å². The number of hydrogen-bond acceptors (Lipinski definition) is 1. The Morgan fingerprint density at radius 1 is 1.58 bits per heavy atom. The van der Waals surface area contributed by atoms with Crippen molar-refractivity contribution in [1.29, 1.82) is 0 Å². The average molecular weight is 184 g/mol. The van der Waals surface area contributed by atoms with Gasteiger partial charge in [0.15, 0.2) is 0 Å². The number of benzene rings is 1. The molecule has 0 heterocycles. The Bertz CT molecular complexity index is 309. The molecule has 0 atom stereocenters. The minimum absolute atomic E-state index is 0.445. The maximum Gasteiger partial charge on any atom is 0.248 e. The lowest BCUT2D eigenvalue weighted by atomic mass is 10.1. The molecule has 2 nitrogen and oxygen atoms in total. The Kier molecular flexibility index (Phi) is 2.71. The summed E-state index contributed by atoms with van der Waals surface area (Å²) in [5.41, 5.74) is 6.56. The molecule has 1 aromatic rings. The van der Waals surface area contributed by atoms with E-state index in [9.17, 15) is 4.79 Å². The van der Waals surface area contributed by atoms with Crippen LogP contribution in [0.2, 0.25) is 5.02 Å². The first kappa shape index (κ1) is 9.07. The van der Waals surface area contributed by atoms with Crippen LogP contribution in [0.15, 0.2) is 18.2 Å². The smallest absolute Gasteiger partial charge is 0.248 e. The van der Waals surface area contributed by atoms with Gasteiger partial charge in [0.1, 0.15) is 0 Å². The summed E-state index contributed by atoms with van der Waals surface area (Å²) in [5.74, 6) is -0.445. The zero-order chi connectivity index (χ0) is 9.14. The van der Waals surface area contributed by atoms with Gasteiger partial charge in [-0.3, -0.25) is 4.79 Å². The topological polar surface area (TPSA) is 43.1 Å². The molecule has 0 saturated carbocycles. The van der Waals surface area contributed by atoms with Gasteiger partial charge in [-0.2, -0.15) is 0 Å². The number of carbonyl (C=O) groups is 1. The molecule has 0 aliphatic carbocycles. The SMILES string of the molecule is CCc1ccc(C(N)=O)cc1Cl. The zero-order valence-corrected chi connectivity index (χ0v) is 7.56. The molecule has 64 valence electrons. The fraction of sp³-hybridized carbons (Fsp3) is 0.222. The Labute approximate surface area is 76.3 Å². The van der Waals surface area contributed by atoms with Crippen LogP contribution in [-0.2, 0) is 6.42 Å². The minimum Gasteiger partial charge on any atom is -0.366 e. The van der Waals surface area contributed by atoms with Crippen LogP contribution in [0.3, 0.4) is 0 Å². The number of nitrogens with two attached hydrogens (primary N) is 1. The second-order valence-corrected chi connectivity index (χ2v) is 2.93. The predicted octanol–water partition coefficient (Wildman–Crippen LogP) is 2.00. The van der Waals surface area contributed by atoms with Crippen molar-refractivity contribution in [1.82, 2.24) is 0 Å². The quantitative estimate of drug-likeness (QED) is 0.749. The van der Waals surface area contributed by atoms with E-state index in [4.69, 9.17) is 17.3 Å². The third-order valence-electron chi connectivity index (χ3n) is 1.72. The number of amides is 1. The van der Waals surface area contributed by atoms with Crippen molar-refractivity contribution in [3.63, 3.8) is 0 Å². The van der Waals surface area contributed by atoms with E-state index in [1.165, 1.54) is 0 Å². The summed E-state index contributed by atoms with van der Waals surface area (Å²) in [6.45, 7) is 2.01. The number of hydrogen-bond donors (Lipinski definition) is 1. The Balaban J connectivity index is 3.10. The molecular weight excluding hydrogens is 174 g/mol. The molecule has 0 aliphatic heterocycles. The van der Waals surface area contributed by atoms with E-state index in [-0.39, 0.29) is 0 Å². The van der Waals surface area contributed by atoms with Gasteiger partial charge in [-0.15, -0.1) is 0 Å². The van der Waals surface area contributed by atoms with E-state index in [0.29, 0.717) is 10.6 Å². The van der Waals surface area contributed by atoms with Crippen LogP contribution < -0.4 is 5.73 Å². The molecule has 1 amide bonds. The van der Waals surface area contributed by atoms with Gasteiger partial charge in [0.2, 0.25) is 5.91 Å². The maximum atomic E-state index is 10.7. The van der Waals surface area contributed by atoms with E-state index in [1.807, 2.05) is 13.0 Å². The highest BCUT2D eigenvalue weighted by molar-refractivity contribution is 6.31. The van der Waals surface area contributed by atoms with Crippen molar-refractivity contribution in [2.75, 3.05) is 0 Å². The summed E-state index contributed by atoms with van der Waals surface area (Å²) < 4.78 is 0. The van der Waals surface area contributed by atoms with Gasteiger partial charge in [0, 0.05) is 10.6 Å². The van der Waals surface area contributed by atoms with E-state index >= 15 is 0 Å². The number of primary amides is 1. The molecule has 0 aromatic heterocycles. The number of carbonyl (C=O) groups excluding carboxylic acids is 1. The lowest BCUT2D eigenvalue weighted by Gasteiger charge is -2.01. The first-order valence-corrected chi connectivity index (χ1v) is 4.11. The Morgan fingerprint density at radius 3 is 2.67 bits per heavy atom. The lowest BCUT2D eigenvalue weighted by molar-refractivity contribution is 0.100. The normalized spacial score (nSPS) is 9.83. The van der Waals surface area contributed by atoms with Crippen LogP contribution >= 0.6 is 11.6 Å². The van der Waals surface area contributed by atoms with Gasteiger partial charge < -0.3 is 5.73 Å². The molecule has 0 unspecified atom stereocenters. The van der Waals surface area contributed by atoms with Gasteiger partial charge in [0.05, 0.1) is 0 Å². The largest absolute Gasteiger partial charge is 0.366 e. The summed E-state index contributed by atoms with van der Waals surface area (Å²) in [7, 11) is 0. The summed E-state index contributed by atoms with van der Waals surface area (Å²) in [6, 6.07) is 5.11. The Morgan fingerprint density at radius 2 is 2.25 bits per heavy atom. The van der Waals surface area contributed by atoms with Crippen LogP contribution in [0.25, 0.3) is 0 Å². The monoisotopic (exact) mass is 183 g/mol. The molecular formula is C9H10ClNO. The summed E-state index contributed by atoms with van der Waals surface area (Å²) >= 11 is 5.87. The van der Waals surface area contributed by atoms with Crippen molar-refractivity contribution >= 4 is 17.5 Å². The van der Waals surface area contributed by atoms with Crippen LogP contribution in [0.4, 0.5) is 0 Å². The number of aryl methyl sites for hydroxylation is 1. The summed E-state index contributed by atoms with van der Waals surface area (Å²) in [4.78, 5) is 10.7. The van der Waals surface area contributed by atoms with E-state index in [0.717, 1.165) is 12.0 Å². The third-order valence-corrected chi connectivity index (χ3v) is 2.07. The van der Waals surface area contributed by atoms with Gasteiger partial charge in [-0.05, 0) is 24.1 Å². The van der Waals surface area contributed by atoms with Gasteiger partial charge in [-0.25, -0.2) is 0 Å². The standard InChI is InChI=1S/C9H10ClNO/c1-2-6-3-4-7(9(11)12)5-8(6)10/h3-5H,2H2,1H3,(H2,11,12). The molecule has 12 heavy (non-hydrogen) atoms. The van der Waals surface area contributed by atoms with Crippen LogP contribution in [0.1, 0.15) is 22.8 Å². The fourth-order valence-corrected chi connectivity index (χ4v) is 1.30. The van der Waals surface area contributed by atoms with E-state index < -0.39 is 5.91 Å². The van der Waals surface area contributed by atoms with Crippen LogP contribution in [0.5, 0.6) is 0 Å². The molecule has 0 fully saturated rings. The number of rotatable bonds is 2. The first-order valence-electron chi connectivity index (χ1n) is 3.73. The molecule has 0 radical (unpaired) electrons. The van der Waals surface area contributed by atoms with Gasteiger partial charge in [0.25, 0.3) is 0 Å². The van der Waals surface area contributed by atoms with Gasteiger partial charge >= 0.3 is 0 Å². The van der Waals surface area contributed by atoms with Crippen molar-refractivity contribution in [2.24, 2.45) is 5.73 Å². The minimum atomic E-state index is -0.445. The predicted molar refractivity (Wildman–Crippen MR) is 49.3 cm³/mol. The second-order valence-electron chi connectivity index (χ2n) is 2.52. The van der Waals surface area contributed by atoms with Gasteiger partial charge in [-0.1, -0.05) is 24.6 Å². The third kappa shape index (κ3) is 1.77. The van der Waals surface area contributed by atoms with E-state index in [2.05, 4.69) is 0 Å². The second kappa shape index (κ2) is 3.59. The molecule has 0 spiro atoms. The molecule has 1 aromatic carbocycles. The molecule has 3 heteroatoms. The highest BCUT2D eigenvalue weighted by Crippen LogP contribution is 2.17. The molecule has 0 saturated heterocycles. The molecule has 2 N–H and O–H groups in total. The molecule has 1 rings (SSSR count). The van der Waals surface area contributed by atoms with Crippen molar-refractivity contribution < 1.29 is 4.79 Å². The first-order chi connectivity index (χ1) is 5.65. The lowest BCUT2D eigenvalue weighted by Crippen LogP contribution is -2.10. The van der Waals surface area contributed by atoms with Crippen molar-refractivity contribution in [2.45, 2.75) is 13.3 Å². The van der Waals surface area contributed by atoms with E-state index in [1.54, 1.807) is 12.1 Å². The van der Waals surface area contributed by atoms with Crippen molar-refractivity contribution in [3.05, 3.63) is 34.3 Å². The zero-order valence-electron chi connectivity index (χ0n) is 6.80. The maximum absolute atomic E-state index is 10.7. The Hall–Kier alpha value is -1.02. The highest BCUT2D eigenvalue weighted by atomic mass is 35.5. The number of halogens is 1. The highest BCUT2D eigenvalue weighted by Gasteiger charge is 2.03. The summed E-state index contributed by atoms with van der Waals surface area (Å²) in [6.07, 6.45) is 0.859. The molecule has 0 aliphatic rings. The average Bonchev–Trinajstić information content (AvgIpc) is 2.04. The van der Waals surface area contributed by atoms with Crippen molar-refractivity contribution in [3.8, 4) is 0 Å². The van der Waals surface area contributed by atoms with Crippen LogP contribution in [0, 0.1) is 0 Å². The fourth-order valence-electron chi connectivity index (χ4n) is 0.987. The summed E-state index contributed by atoms with van der Waals surface area (Å²) in [5, 5.41) is 0.605. The molecule has 0 bridgehead atoms.